The maximum absolute atomic E-state index is 13.7. The summed E-state index contributed by atoms with van der Waals surface area (Å²) >= 11 is 0. The van der Waals surface area contributed by atoms with Gasteiger partial charge in [-0.05, 0) is 74.9 Å². The van der Waals surface area contributed by atoms with Crippen molar-refractivity contribution in [2.75, 3.05) is 26.2 Å². The molecule has 4 rings (SSSR count). The molecule has 0 radical (unpaired) electrons. The summed E-state index contributed by atoms with van der Waals surface area (Å²) in [7, 11) is 0. The van der Waals surface area contributed by atoms with Crippen molar-refractivity contribution in [2.45, 2.75) is 51.9 Å². The summed E-state index contributed by atoms with van der Waals surface area (Å²) in [6, 6.07) is 10.7. The van der Waals surface area contributed by atoms with E-state index in [1.165, 1.54) is 24.8 Å². The number of carbonyl (C=O) groups is 1. The van der Waals surface area contributed by atoms with Crippen molar-refractivity contribution in [3.8, 4) is 0 Å². The molecule has 0 aromatic heterocycles. The third-order valence-corrected chi connectivity index (χ3v) is 7.35. The Morgan fingerprint density at radius 3 is 2.54 bits per heavy atom. The summed E-state index contributed by atoms with van der Waals surface area (Å²) in [5.74, 6) is 2.62. The Labute approximate surface area is 158 Å². The zero-order valence-corrected chi connectivity index (χ0v) is 16.3. The van der Waals surface area contributed by atoms with Crippen molar-refractivity contribution in [1.29, 1.82) is 0 Å². The third kappa shape index (κ3) is 3.43. The Kier molecular flexibility index (Phi) is 5.35. The first-order valence-corrected chi connectivity index (χ1v) is 10.8. The van der Waals surface area contributed by atoms with Crippen LogP contribution >= 0.6 is 0 Å². The van der Waals surface area contributed by atoms with E-state index in [-0.39, 0.29) is 5.41 Å². The van der Waals surface area contributed by atoms with Crippen LogP contribution in [0.4, 0.5) is 0 Å². The Morgan fingerprint density at radius 1 is 1.15 bits per heavy atom. The van der Waals surface area contributed by atoms with Gasteiger partial charge in [0.25, 0.3) is 0 Å². The highest BCUT2D eigenvalue weighted by atomic mass is 16.2. The molecule has 2 aliphatic carbocycles. The lowest BCUT2D eigenvalue weighted by molar-refractivity contribution is -0.147. The van der Waals surface area contributed by atoms with E-state index in [9.17, 15) is 4.79 Å². The van der Waals surface area contributed by atoms with Crippen molar-refractivity contribution < 1.29 is 4.79 Å². The van der Waals surface area contributed by atoms with E-state index in [1.807, 2.05) is 0 Å². The van der Waals surface area contributed by atoms with Gasteiger partial charge in [-0.3, -0.25) is 4.79 Å². The molecule has 3 aliphatic rings. The molecule has 26 heavy (non-hydrogen) atoms. The molecule has 3 nitrogen and oxygen atoms in total. The van der Waals surface area contributed by atoms with Crippen LogP contribution in [0.15, 0.2) is 30.3 Å². The molecule has 1 N–H and O–H groups in total. The summed E-state index contributed by atoms with van der Waals surface area (Å²) in [6.45, 7) is 6.24. The molecule has 1 amide bonds. The van der Waals surface area contributed by atoms with E-state index in [4.69, 9.17) is 0 Å². The van der Waals surface area contributed by atoms with Gasteiger partial charge in [0.15, 0.2) is 0 Å². The number of benzene rings is 1. The number of nitrogens with one attached hydrogen (secondary N) is 1. The number of piperidine rings is 1. The van der Waals surface area contributed by atoms with Crippen LogP contribution in [0.25, 0.3) is 0 Å². The first-order chi connectivity index (χ1) is 12.7. The fraction of sp³-hybridized carbons (Fsp3) is 0.696. The average molecular weight is 355 g/mol. The predicted molar refractivity (Wildman–Crippen MR) is 106 cm³/mol. The fourth-order valence-electron chi connectivity index (χ4n) is 5.96. The normalized spacial score (nSPS) is 31.5. The number of amides is 1. The first kappa shape index (κ1) is 18.0. The number of likely N-dealkylation sites (tertiary alicyclic amines) is 1. The van der Waals surface area contributed by atoms with Crippen LogP contribution in [0, 0.1) is 23.2 Å². The van der Waals surface area contributed by atoms with Crippen LogP contribution in [0.2, 0.25) is 0 Å². The second-order valence-electron chi connectivity index (χ2n) is 8.94. The molecule has 1 aliphatic heterocycles. The zero-order valence-electron chi connectivity index (χ0n) is 16.3. The van der Waals surface area contributed by atoms with E-state index < -0.39 is 0 Å². The van der Waals surface area contributed by atoms with E-state index in [1.54, 1.807) is 0 Å². The van der Waals surface area contributed by atoms with Crippen LogP contribution < -0.4 is 5.32 Å². The molecule has 1 saturated heterocycles. The van der Waals surface area contributed by atoms with E-state index in [2.05, 4.69) is 47.5 Å². The molecule has 2 bridgehead atoms. The van der Waals surface area contributed by atoms with Crippen LogP contribution in [0.5, 0.6) is 0 Å². The highest BCUT2D eigenvalue weighted by molar-refractivity contribution is 5.84. The summed E-state index contributed by atoms with van der Waals surface area (Å²) in [6.07, 6.45) is 8.30. The number of rotatable bonds is 6. The Bertz CT molecular complexity index is 608. The van der Waals surface area contributed by atoms with Crippen molar-refractivity contribution in [3.63, 3.8) is 0 Å². The second-order valence-corrected chi connectivity index (χ2v) is 8.94. The molecule has 1 aromatic carbocycles. The van der Waals surface area contributed by atoms with Crippen LogP contribution in [-0.4, -0.2) is 37.0 Å². The Balaban J connectivity index is 1.47. The van der Waals surface area contributed by atoms with Gasteiger partial charge in [0.2, 0.25) is 5.91 Å². The molecule has 3 fully saturated rings. The number of hydrogen-bond donors (Lipinski definition) is 1. The molecule has 2 saturated carbocycles. The maximum Gasteiger partial charge on any atom is 0.229 e. The summed E-state index contributed by atoms with van der Waals surface area (Å²) in [5.41, 5.74) is 1.23. The van der Waals surface area contributed by atoms with Gasteiger partial charge < -0.3 is 10.2 Å². The molecule has 3 atom stereocenters. The van der Waals surface area contributed by atoms with Gasteiger partial charge in [-0.15, -0.1) is 0 Å². The molecule has 3 heteroatoms. The van der Waals surface area contributed by atoms with Gasteiger partial charge in [0.1, 0.15) is 0 Å². The van der Waals surface area contributed by atoms with E-state index in [0.717, 1.165) is 63.7 Å². The minimum Gasteiger partial charge on any atom is -0.342 e. The minimum atomic E-state index is -0.112. The van der Waals surface area contributed by atoms with Gasteiger partial charge >= 0.3 is 0 Å². The first-order valence-electron chi connectivity index (χ1n) is 10.8. The van der Waals surface area contributed by atoms with Crippen molar-refractivity contribution >= 4 is 5.91 Å². The summed E-state index contributed by atoms with van der Waals surface area (Å²) in [4.78, 5) is 16.0. The van der Waals surface area contributed by atoms with Gasteiger partial charge in [-0.1, -0.05) is 43.7 Å². The smallest absolute Gasteiger partial charge is 0.229 e. The SMILES string of the molecule is CCNCC1CCN(C(=O)C2(Cc3ccccc3)CC3CCC2C3)CC1. The van der Waals surface area contributed by atoms with Crippen molar-refractivity contribution in [3.05, 3.63) is 35.9 Å². The zero-order chi connectivity index (χ0) is 18.0. The molecule has 142 valence electrons. The predicted octanol–water partition coefficient (Wildman–Crippen LogP) is 3.88. The van der Waals surface area contributed by atoms with E-state index in [0.29, 0.717) is 11.8 Å². The lowest BCUT2D eigenvalue weighted by Crippen LogP contribution is -2.51. The number of fused-ring (bicyclic) bond motifs is 2. The van der Waals surface area contributed by atoms with Gasteiger partial charge in [0.05, 0.1) is 5.41 Å². The quantitative estimate of drug-likeness (QED) is 0.841. The van der Waals surface area contributed by atoms with E-state index >= 15 is 0 Å². The highest BCUT2D eigenvalue weighted by Crippen LogP contribution is 2.58. The lowest BCUT2D eigenvalue weighted by atomic mass is 9.68. The number of hydrogen-bond acceptors (Lipinski definition) is 2. The average Bonchev–Trinajstić information content (AvgIpc) is 3.29. The topological polar surface area (TPSA) is 32.3 Å². The summed E-state index contributed by atoms with van der Waals surface area (Å²) in [5, 5.41) is 3.48. The van der Waals surface area contributed by atoms with Crippen LogP contribution in [-0.2, 0) is 11.2 Å². The molecule has 0 spiro atoms. The molecule has 1 heterocycles. The van der Waals surface area contributed by atoms with Crippen molar-refractivity contribution in [2.24, 2.45) is 23.2 Å². The number of carbonyl (C=O) groups excluding carboxylic acids is 1. The monoisotopic (exact) mass is 354 g/mol. The minimum absolute atomic E-state index is 0.112. The van der Waals surface area contributed by atoms with Gasteiger partial charge in [0, 0.05) is 13.1 Å². The number of nitrogens with zero attached hydrogens (tertiary/aromatic N) is 1. The lowest BCUT2D eigenvalue weighted by Gasteiger charge is -2.43. The maximum atomic E-state index is 13.7. The largest absolute Gasteiger partial charge is 0.342 e. The molecular weight excluding hydrogens is 320 g/mol. The standard InChI is InChI=1S/C23H34N2O/c1-2-24-17-19-10-12-25(13-11-19)22(26)23(15-18-6-4-3-5-7-18)16-20-8-9-21(23)14-20/h3-7,19-21,24H,2,8-17H2,1H3. The van der Waals surface area contributed by atoms with Crippen LogP contribution in [0.1, 0.15) is 51.0 Å². The fourth-order valence-corrected chi connectivity index (χ4v) is 5.96. The molecular formula is C23H34N2O. The Hall–Kier alpha value is -1.35. The molecule has 1 aromatic rings. The van der Waals surface area contributed by atoms with Gasteiger partial charge in [-0.25, -0.2) is 0 Å². The highest BCUT2D eigenvalue weighted by Gasteiger charge is 2.56. The van der Waals surface area contributed by atoms with Crippen molar-refractivity contribution in [1.82, 2.24) is 10.2 Å². The molecule has 3 unspecified atom stereocenters. The van der Waals surface area contributed by atoms with Gasteiger partial charge in [-0.2, -0.15) is 0 Å². The second kappa shape index (κ2) is 7.72. The third-order valence-electron chi connectivity index (χ3n) is 7.35. The van der Waals surface area contributed by atoms with Crippen LogP contribution in [0.3, 0.4) is 0 Å². The summed E-state index contributed by atoms with van der Waals surface area (Å²) < 4.78 is 0. The Morgan fingerprint density at radius 2 is 1.92 bits per heavy atom.